The van der Waals surface area contributed by atoms with Crippen molar-refractivity contribution in [2.75, 3.05) is 18.5 Å². The monoisotopic (exact) mass is 480 g/mol. The highest BCUT2D eigenvalue weighted by atomic mass is 79.9. The summed E-state index contributed by atoms with van der Waals surface area (Å²) in [4.78, 5) is 16.9. The van der Waals surface area contributed by atoms with Gasteiger partial charge in [-0.1, -0.05) is 30.3 Å². The van der Waals surface area contributed by atoms with Gasteiger partial charge in [-0.3, -0.25) is 9.79 Å². The average molecular weight is 481 g/mol. The molecule has 0 bridgehead atoms. The van der Waals surface area contributed by atoms with E-state index >= 15 is 0 Å². The molecule has 0 aliphatic carbocycles. The van der Waals surface area contributed by atoms with E-state index in [4.69, 9.17) is 9.47 Å². The molecule has 3 aromatic rings. The summed E-state index contributed by atoms with van der Waals surface area (Å²) in [6, 6.07) is 19.3. The number of nitrogens with one attached hydrogen (secondary N) is 1. The van der Waals surface area contributed by atoms with Crippen molar-refractivity contribution in [1.29, 1.82) is 0 Å². The number of aryl methyl sites for hydroxylation is 2. The molecule has 0 unspecified atom stereocenters. The van der Waals surface area contributed by atoms with Crippen LogP contribution in [0.2, 0.25) is 0 Å². The number of hydrogen-bond acceptors (Lipinski definition) is 4. The second-order valence-electron chi connectivity index (χ2n) is 7.01. The highest BCUT2D eigenvalue weighted by Gasteiger charge is 2.14. The number of benzene rings is 3. The van der Waals surface area contributed by atoms with E-state index in [1.807, 2.05) is 81.4 Å². The molecule has 31 heavy (non-hydrogen) atoms. The number of aliphatic imine (C=N–C) groups is 1. The molecule has 160 valence electrons. The zero-order valence-corrected chi connectivity index (χ0v) is 19.4. The van der Waals surface area contributed by atoms with Gasteiger partial charge in [0.05, 0.1) is 16.8 Å². The van der Waals surface area contributed by atoms with Crippen LogP contribution in [0.25, 0.3) is 0 Å². The van der Waals surface area contributed by atoms with Crippen LogP contribution >= 0.6 is 15.9 Å². The first-order chi connectivity index (χ1) is 15.0. The lowest BCUT2D eigenvalue weighted by Crippen LogP contribution is -2.20. The molecule has 0 saturated heterocycles. The molecular formula is C25H25BrN2O3. The molecule has 3 aromatic carbocycles. The molecule has 0 fully saturated rings. The Balaban J connectivity index is 1.74. The lowest BCUT2D eigenvalue weighted by molar-refractivity contribution is -0.118. The van der Waals surface area contributed by atoms with Crippen molar-refractivity contribution in [2.24, 2.45) is 4.99 Å². The molecule has 0 aliphatic heterocycles. The van der Waals surface area contributed by atoms with Crippen LogP contribution in [-0.4, -0.2) is 25.3 Å². The Kier molecular flexibility index (Phi) is 7.84. The van der Waals surface area contributed by atoms with E-state index in [2.05, 4.69) is 26.2 Å². The minimum Gasteiger partial charge on any atom is -0.490 e. The third-order valence-electron chi connectivity index (χ3n) is 4.45. The highest BCUT2D eigenvalue weighted by Crippen LogP contribution is 2.36. The molecule has 0 aromatic heterocycles. The largest absolute Gasteiger partial charge is 0.490 e. The molecule has 0 spiro atoms. The Morgan fingerprint density at radius 3 is 2.61 bits per heavy atom. The van der Waals surface area contributed by atoms with Crippen molar-refractivity contribution in [3.63, 3.8) is 0 Å². The van der Waals surface area contributed by atoms with Gasteiger partial charge in [0.1, 0.15) is 0 Å². The summed E-state index contributed by atoms with van der Waals surface area (Å²) in [5, 5.41) is 2.84. The van der Waals surface area contributed by atoms with Gasteiger partial charge in [0, 0.05) is 11.9 Å². The van der Waals surface area contributed by atoms with Crippen molar-refractivity contribution in [3.8, 4) is 11.5 Å². The van der Waals surface area contributed by atoms with Crippen molar-refractivity contribution in [1.82, 2.24) is 0 Å². The quantitative estimate of drug-likeness (QED) is 0.388. The fourth-order valence-corrected chi connectivity index (χ4v) is 3.55. The molecule has 0 aliphatic rings. The Bertz CT molecular complexity index is 1100. The van der Waals surface area contributed by atoms with E-state index in [0.29, 0.717) is 22.6 Å². The lowest BCUT2D eigenvalue weighted by Gasteiger charge is -2.14. The van der Waals surface area contributed by atoms with Crippen molar-refractivity contribution >= 4 is 39.4 Å². The van der Waals surface area contributed by atoms with E-state index in [0.717, 1.165) is 28.1 Å². The maximum atomic E-state index is 12.3. The normalized spacial score (nSPS) is 10.8. The first-order valence-electron chi connectivity index (χ1n) is 10.0. The number of nitrogens with zero attached hydrogens (tertiary/aromatic N) is 1. The summed E-state index contributed by atoms with van der Waals surface area (Å²) in [5.41, 5.74) is 4.67. The second-order valence-corrected chi connectivity index (χ2v) is 7.87. The molecule has 0 heterocycles. The number of carbonyl (C=O) groups excluding carboxylic acids is 1. The fourth-order valence-electron chi connectivity index (χ4n) is 2.98. The number of rotatable bonds is 8. The number of ether oxygens (including phenoxy) is 2. The number of para-hydroxylation sites is 1. The maximum absolute atomic E-state index is 12.3. The van der Waals surface area contributed by atoms with E-state index in [1.165, 1.54) is 0 Å². The van der Waals surface area contributed by atoms with Gasteiger partial charge in [0.15, 0.2) is 18.1 Å². The van der Waals surface area contributed by atoms with E-state index in [9.17, 15) is 4.79 Å². The van der Waals surface area contributed by atoms with Crippen molar-refractivity contribution < 1.29 is 14.3 Å². The van der Waals surface area contributed by atoms with E-state index < -0.39 is 0 Å². The predicted octanol–water partition coefficient (Wildman–Crippen LogP) is 6.23. The first kappa shape index (κ1) is 22.6. The zero-order chi connectivity index (χ0) is 22.2. The molecule has 5 nitrogen and oxygen atoms in total. The van der Waals surface area contributed by atoms with Crippen LogP contribution in [0.3, 0.4) is 0 Å². The SMILES string of the molecule is CCOc1cc(C=Nc2ccccc2C)cc(Br)c1OCC(=O)Nc1cccc(C)c1. The van der Waals surface area contributed by atoms with Gasteiger partial charge in [-0.05, 0) is 83.7 Å². The number of anilines is 1. The van der Waals surface area contributed by atoms with Gasteiger partial charge < -0.3 is 14.8 Å². The minimum atomic E-state index is -0.245. The molecule has 0 atom stereocenters. The third kappa shape index (κ3) is 6.43. The molecule has 6 heteroatoms. The first-order valence-corrected chi connectivity index (χ1v) is 10.8. The van der Waals surface area contributed by atoms with Crippen LogP contribution in [0.5, 0.6) is 11.5 Å². The Labute approximate surface area is 191 Å². The number of halogens is 1. The second kappa shape index (κ2) is 10.8. The zero-order valence-electron chi connectivity index (χ0n) is 17.8. The van der Waals surface area contributed by atoms with Crippen LogP contribution in [0, 0.1) is 13.8 Å². The van der Waals surface area contributed by atoms with Gasteiger partial charge in [0.25, 0.3) is 5.91 Å². The molecular weight excluding hydrogens is 456 g/mol. The van der Waals surface area contributed by atoms with Crippen LogP contribution in [0.4, 0.5) is 11.4 Å². The topological polar surface area (TPSA) is 59.9 Å². The third-order valence-corrected chi connectivity index (χ3v) is 5.04. The molecule has 0 saturated carbocycles. The standard InChI is InChI=1S/C25H25BrN2O3/c1-4-30-23-14-19(15-27-22-11-6-5-9-18(22)3)13-21(26)25(23)31-16-24(29)28-20-10-7-8-17(2)12-20/h5-15H,4,16H2,1-3H3,(H,28,29). The summed E-state index contributed by atoms with van der Waals surface area (Å²) < 4.78 is 12.2. The van der Waals surface area contributed by atoms with Crippen LogP contribution in [0.1, 0.15) is 23.6 Å². The lowest BCUT2D eigenvalue weighted by atomic mass is 10.2. The van der Waals surface area contributed by atoms with Gasteiger partial charge >= 0.3 is 0 Å². The van der Waals surface area contributed by atoms with Gasteiger partial charge in [-0.15, -0.1) is 0 Å². The predicted molar refractivity (Wildman–Crippen MR) is 129 cm³/mol. The number of amides is 1. The summed E-state index contributed by atoms with van der Waals surface area (Å²) in [6.45, 7) is 6.23. The molecule has 1 amide bonds. The average Bonchev–Trinajstić information content (AvgIpc) is 2.73. The summed E-state index contributed by atoms with van der Waals surface area (Å²) >= 11 is 3.54. The maximum Gasteiger partial charge on any atom is 0.262 e. The Morgan fingerprint density at radius 1 is 1.06 bits per heavy atom. The Morgan fingerprint density at radius 2 is 1.87 bits per heavy atom. The molecule has 3 rings (SSSR count). The summed E-state index contributed by atoms with van der Waals surface area (Å²) in [6.07, 6.45) is 1.78. The van der Waals surface area contributed by atoms with Crippen LogP contribution in [0.15, 0.2) is 70.1 Å². The highest BCUT2D eigenvalue weighted by molar-refractivity contribution is 9.10. The molecule has 1 N–H and O–H groups in total. The smallest absolute Gasteiger partial charge is 0.262 e. The summed E-state index contributed by atoms with van der Waals surface area (Å²) in [5.74, 6) is 0.783. The molecule has 0 radical (unpaired) electrons. The van der Waals surface area contributed by atoms with Crippen molar-refractivity contribution in [3.05, 3.63) is 81.8 Å². The van der Waals surface area contributed by atoms with E-state index in [-0.39, 0.29) is 12.5 Å². The number of carbonyl (C=O) groups is 1. The summed E-state index contributed by atoms with van der Waals surface area (Å²) in [7, 11) is 0. The number of hydrogen-bond donors (Lipinski definition) is 1. The Hall–Kier alpha value is -3.12. The van der Waals surface area contributed by atoms with Crippen LogP contribution in [-0.2, 0) is 4.79 Å². The van der Waals surface area contributed by atoms with Gasteiger partial charge in [0.2, 0.25) is 0 Å². The van der Waals surface area contributed by atoms with Gasteiger partial charge in [-0.25, -0.2) is 0 Å². The van der Waals surface area contributed by atoms with Gasteiger partial charge in [-0.2, -0.15) is 0 Å². The fraction of sp³-hybridized carbons (Fsp3) is 0.200. The minimum absolute atomic E-state index is 0.136. The van der Waals surface area contributed by atoms with E-state index in [1.54, 1.807) is 6.21 Å². The van der Waals surface area contributed by atoms with Crippen molar-refractivity contribution in [2.45, 2.75) is 20.8 Å². The van der Waals surface area contributed by atoms with Crippen LogP contribution < -0.4 is 14.8 Å².